The Balaban J connectivity index is 1.58. The average Bonchev–Trinajstić information content (AvgIpc) is 3.14. The van der Waals surface area contributed by atoms with Gasteiger partial charge in [-0.05, 0) is 37.6 Å². The molecule has 1 fully saturated rings. The highest BCUT2D eigenvalue weighted by atomic mass is 32.2. The van der Waals surface area contributed by atoms with Crippen molar-refractivity contribution in [3.05, 3.63) is 36.3 Å². The molecule has 0 aliphatic carbocycles. The van der Waals surface area contributed by atoms with Crippen LogP contribution < -0.4 is 5.32 Å². The van der Waals surface area contributed by atoms with E-state index in [2.05, 4.69) is 10.3 Å². The number of benzene rings is 1. The lowest BCUT2D eigenvalue weighted by molar-refractivity contribution is -0.120. The third-order valence-electron chi connectivity index (χ3n) is 3.84. The Morgan fingerprint density at radius 1 is 1.40 bits per heavy atom. The maximum Gasteiger partial charge on any atom is 0.256 e. The number of rotatable bonds is 5. The number of sulfone groups is 1. The average molecular weight is 384 g/mol. The Morgan fingerprint density at radius 2 is 2.12 bits per heavy atom. The van der Waals surface area contributed by atoms with Crippen LogP contribution in [0.4, 0.5) is 4.39 Å². The summed E-state index contributed by atoms with van der Waals surface area (Å²) in [6, 6.07) is 5.49. The van der Waals surface area contributed by atoms with Gasteiger partial charge in [-0.2, -0.15) is 0 Å². The minimum Gasteiger partial charge on any atom is -0.431 e. The van der Waals surface area contributed by atoms with Crippen LogP contribution in [0.15, 0.2) is 40.1 Å². The van der Waals surface area contributed by atoms with E-state index in [0.29, 0.717) is 23.0 Å². The molecule has 1 aliphatic rings. The molecule has 0 saturated carbocycles. The van der Waals surface area contributed by atoms with E-state index in [-0.39, 0.29) is 29.3 Å². The van der Waals surface area contributed by atoms with Crippen molar-refractivity contribution in [1.29, 1.82) is 0 Å². The van der Waals surface area contributed by atoms with Gasteiger partial charge in [0.25, 0.3) is 5.22 Å². The molecule has 1 saturated heterocycles. The highest BCUT2D eigenvalue weighted by molar-refractivity contribution is 8.00. The third kappa shape index (κ3) is 4.60. The lowest BCUT2D eigenvalue weighted by atomic mass is 10.2. The molecule has 0 spiro atoms. The molecule has 9 heteroatoms. The second-order valence-corrected chi connectivity index (χ2v) is 9.39. The molecular formula is C16H17FN2O4S2. The molecule has 2 atom stereocenters. The van der Waals surface area contributed by atoms with Gasteiger partial charge in [0.2, 0.25) is 5.91 Å². The molecule has 25 heavy (non-hydrogen) atoms. The Hall–Kier alpha value is -1.87. The van der Waals surface area contributed by atoms with Crippen molar-refractivity contribution in [3.8, 4) is 11.3 Å². The zero-order chi connectivity index (χ0) is 18.0. The number of halogens is 1. The summed E-state index contributed by atoms with van der Waals surface area (Å²) in [6.45, 7) is 1.70. The van der Waals surface area contributed by atoms with Gasteiger partial charge >= 0.3 is 0 Å². The number of hydrogen-bond acceptors (Lipinski definition) is 6. The first-order chi connectivity index (χ1) is 11.8. The summed E-state index contributed by atoms with van der Waals surface area (Å²) in [6.07, 6.45) is 1.96. The SMILES string of the molecule is C[C@@H](Sc1ncc(-c2ccc(F)cc2)o1)C(=O)N[C@@H]1CCS(=O)(=O)C1. The summed E-state index contributed by atoms with van der Waals surface area (Å²) in [5.74, 6) is -0.00733. The predicted molar refractivity (Wildman–Crippen MR) is 92.4 cm³/mol. The first-order valence-electron chi connectivity index (χ1n) is 7.71. The number of carbonyl (C=O) groups is 1. The number of nitrogens with zero attached hydrogens (tertiary/aromatic N) is 1. The summed E-state index contributed by atoms with van der Waals surface area (Å²) >= 11 is 1.14. The van der Waals surface area contributed by atoms with E-state index in [1.54, 1.807) is 19.1 Å². The maximum atomic E-state index is 13.0. The number of aromatic nitrogens is 1. The minimum atomic E-state index is -3.04. The number of oxazole rings is 1. The summed E-state index contributed by atoms with van der Waals surface area (Å²) in [4.78, 5) is 16.3. The lowest BCUT2D eigenvalue weighted by Crippen LogP contribution is -2.39. The van der Waals surface area contributed by atoms with E-state index in [1.165, 1.54) is 18.3 Å². The quantitative estimate of drug-likeness (QED) is 0.796. The molecule has 1 amide bonds. The normalized spacial score (nSPS) is 20.3. The summed E-state index contributed by atoms with van der Waals surface area (Å²) in [5, 5.41) is 2.59. The monoisotopic (exact) mass is 384 g/mol. The summed E-state index contributed by atoms with van der Waals surface area (Å²) < 4.78 is 41.4. The Kier molecular flexibility index (Phi) is 5.14. The van der Waals surface area contributed by atoms with Gasteiger partial charge in [-0.3, -0.25) is 4.79 Å². The molecule has 1 aromatic carbocycles. The van der Waals surface area contributed by atoms with Crippen LogP contribution in [-0.4, -0.2) is 42.1 Å². The minimum absolute atomic E-state index is 0.0101. The molecule has 2 heterocycles. The van der Waals surface area contributed by atoms with Crippen molar-refractivity contribution in [3.63, 3.8) is 0 Å². The molecule has 6 nitrogen and oxygen atoms in total. The van der Waals surface area contributed by atoms with E-state index in [4.69, 9.17) is 4.42 Å². The van der Waals surface area contributed by atoms with Gasteiger partial charge in [0, 0.05) is 11.6 Å². The van der Waals surface area contributed by atoms with Gasteiger partial charge in [-0.25, -0.2) is 17.8 Å². The number of amides is 1. The van der Waals surface area contributed by atoms with E-state index in [9.17, 15) is 17.6 Å². The van der Waals surface area contributed by atoms with Gasteiger partial charge < -0.3 is 9.73 Å². The van der Waals surface area contributed by atoms with Crippen molar-refractivity contribution in [1.82, 2.24) is 10.3 Å². The highest BCUT2D eigenvalue weighted by Crippen LogP contribution is 2.28. The fourth-order valence-electron chi connectivity index (χ4n) is 2.49. The Morgan fingerprint density at radius 3 is 2.76 bits per heavy atom. The van der Waals surface area contributed by atoms with Crippen molar-refractivity contribution >= 4 is 27.5 Å². The number of nitrogens with one attached hydrogen (secondary N) is 1. The molecule has 1 N–H and O–H groups in total. The van der Waals surface area contributed by atoms with Crippen LogP contribution in [-0.2, 0) is 14.6 Å². The molecule has 3 rings (SSSR count). The molecule has 0 unspecified atom stereocenters. The first-order valence-corrected chi connectivity index (χ1v) is 10.4. The van der Waals surface area contributed by atoms with Crippen LogP contribution in [0.1, 0.15) is 13.3 Å². The molecule has 0 bridgehead atoms. The molecule has 1 aliphatic heterocycles. The Bertz CT molecular complexity index is 865. The summed E-state index contributed by atoms with van der Waals surface area (Å²) in [5.41, 5.74) is 0.689. The fraction of sp³-hybridized carbons (Fsp3) is 0.375. The van der Waals surface area contributed by atoms with Crippen molar-refractivity contribution in [2.24, 2.45) is 0 Å². The third-order valence-corrected chi connectivity index (χ3v) is 6.56. The number of thioether (sulfide) groups is 1. The van der Waals surface area contributed by atoms with E-state index in [1.807, 2.05) is 0 Å². The van der Waals surface area contributed by atoms with Gasteiger partial charge in [0.15, 0.2) is 15.6 Å². The maximum absolute atomic E-state index is 13.0. The van der Waals surface area contributed by atoms with Crippen molar-refractivity contribution in [2.75, 3.05) is 11.5 Å². The number of hydrogen-bond donors (Lipinski definition) is 1. The van der Waals surface area contributed by atoms with Crippen LogP contribution >= 0.6 is 11.8 Å². The van der Waals surface area contributed by atoms with E-state index >= 15 is 0 Å². The van der Waals surface area contributed by atoms with Crippen LogP contribution in [0.2, 0.25) is 0 Å². The largest absolute Gasteiger partial charge is 0.431 e. The lowest BCUT2D eigenvalue weighted by Gasteiger charge is -2.14. The zero-order valence-electron chi connectivity index (χ0n) is 13.4. The topological polar surface area (TPSA) is 89.3 Å². The van der Waals surface area contributed by atoms with Gasteiger partial charge in [-0.15, -0.1) is 0 Å². The Labute approximate surface area is 149 Å². The highest BCUT2D eigenvalue weighted by Gasteiger charge is 2.30. The molecule has 2 aromatic rings. The van der Waals surface area contributed by atoms with Crippen LogP contribution in [0.25, 0.3) is 11.3 Å². The second kappa shape index (κ2) is 7.17. The molecule has 1 aromatic heterocycles. The summed E-state index contributed by atoms with van der Waals surface area (Å²) in [7, 11) is -3.04. The van der Waals surface area contributed by atoms with Crippen molar-refractivity contribution in [2.45, 2.75) is 29.9 Å². The number of carbonyl (C=O) groups excluding carboxylic acids is 1. The standard InChI is InChI=1S/C16H17FN2O4S2/c1-10(15(20)19-13-6-7-25(21,22)9-13)24-16-18-8-14(23-16)11-2-4-12(17)5-3-11/h2-5,8,10,13H,6-7,9H2,1H3,(H,19,20)/t10-,13-/m1/s1. The smallest absolute Gasteiger partial charge is 0.256 e. The van der Waals surface area contributed by atoms with E-state index < -0.39 is 15.1 Å². The van der Waals surface area contributed by atoms with Crippen molar-refractivity contribution < 1.29 is 22.0 Å². The first kappa shape index (κ1) is 17.9. The predicted octanol–water partition coefficient (Wildman–Crippen LogP) is 2.26. The van der Waals surface area contributed by atoms with Crippen LogP contribution in [0, 0.1) is 5.82 Å². The fourth-order valence-corrected chi connectivity index (χ4v) is 4.89. The second-order valence-electron chi connectivity index (χ2n) is 5.87. The van der Waals surface area contributed by atoms with E-state index in [0.717, 1.165) is 11.8 Å². The zero-order valence-corrected chi connectivity index (χ0v) is 15.1. The van der Waals surface area contributed by atoms with Gasteiger partial charge in [-0.1, -0.05) is 11.8 Å². The van der Waals surface area contributed by atoms with Gasteiger partial charge in [0.05, 0.1) is 23.0 Å². The van der Waals surface area contributed by atoms with Crippen LogP contribution in [0.5, 0.6) is 0 Å². The van der Waals surface area contributed by atoms with Crippen LogP contribution in [0.3, 0.4) is 0 Å². The van der Waals surface area contributed by atoms with Gasteiger partial charge in [0.1, 0.15) is 5.82 Å². The molecule has 134 valence electrons. The molecule has 0 radical (unpaired) electrons. The molecular weight excluding hydrogens is 367 g/mol.